The van der Waals surface area contributed by atoms with Crippen LogP contribution in [0.15, 0.2) is 24.4 Å². The number of fused-ring (bicyclic) bond motifs is 1. The highest BCUT2D eigenvalue weighted by atomic mass is 127. The minimum atomic E-state index is -0.297. The molecule has 0 radical (unpaired) electrons. The molecule has 2 rings (SSSR count). The topological polar surface area (TPSA) is 77.5 Å². The first-order valence-corrected chi connectivity index (χ1v) is 8.67. The van der Waals surface area contributed by atoms with Crippen LogP contribution in [0.2, 0.25) is 5.02 Å². The molecule has 1 N–H and O–H groups in total. The molecule has 1 heterocycles. The Bertz CT molecular complexity index is 754. The van der Waals surface area contributed by atoms with Gasteiger partial charge in [-0.15, -0.1) is 0 Å². The SMILES string of the molecule is COC(=O)CCCNC(=O)COc1c(I)cc(Cl)c2cccnc12. The van der Waals surface area contributed by atoms with Crippen molar-refractivity contribution in [3.05, 3.63) is 33.0 Å². The second-order valence-electron chi connectivity index (χ2n) is 4.89. The first kappa shape index (κ1) is 18.7. The van der Waals surface area contributed by atoms with Crippen molar-refractivity contribution in [2.24, 2.45) is 0 Å². The molecule has 2 aromatic rings. The lowest BCUT2D eigenvalue weighted by molar-refractivity contribution is -0.140. The maximum atomic E-state index is 11.8. The number of hydrogen-bond donors (Lipinski definition) is 1. The number of nitrogens with zero attached hydrogens (tertiary/aromatic N) is 1. The summed E-state index contributed by atoms with van der Waals surface area (Å²) < 4.78 is 10.9. The zero-order chi connectivity index (χ0) is 17.5. The Morgan fingerprint density at radius 3 is 2.96 bits per heavy atom. The Morgan fingerprint density at radius 1 is 1.42 bits per heavy atom. The molecular weight excluding hydrogens is 447 g/mol. The number of nitrogens with one attached hydrogen (secondary N) is 1. The molecule has 0 aliphatic carbocycles. The van der Waals surface area contributed by atoms with E-state index in [0.29, 0.717) is 29.3 Å². The lowest BCUT2D eigenvalue weighted by atomic mass is 10.2. The van der Waals surface area contributed by atoms with E-state index in [2.05, 4.69) is 37.6 Å². The van der Waals surface area contributed by atoms with Gasteiger partial charge in [0.2, 0.25) is 0 Å². The molecule has 0 bridgehead atoms. The van der Waals surface area contributed by atoms with E-state index in [1.165, 1.54) is 7.11 Å². The molecule has 6 nitrogen and oxygen atoms in total. The summed E-state index contributed by atoms with van der Waals surface area (Å²) in [4.78, 5) is 27.1. The van der Waals surface area contributed by atoms with Crippen LogP contribution in [0, 0.1) is 3.57 Å². The third-order valence-corrected chi connectivity index (χ3v) is 4.32. The van der Waals surface area contributed by atoms with Crippen molar-refractivity contribution in [1.29, 1.82) is 0 Å². The van der Waals surface area contributed by atoms with E-state index in [9.17, 15) is 9.59 Å². The standard InChI is InChI=1S/C16H16ClIN2O4/c1-23-14(22)5-3-6-19-13(21)9-24-16-12(18)8-11(17)10-4-2-7-20-15(10)16/h2,4,7-8H,3,5-6,9H2,1H3,(H,19,21). The number of methoxy groups -OCH3 is 1. The highest BCUT2D eigenvalue weighted by Crippen LogP contribution is 2.34. The number of rotatable bonds is 7. The van der Waals surface area contributed by atoms with Gasteiger partial charge in [0.1, 0.15) is 5.52 Å². The van der Waals surface area contributed by atoms with Crippen LogP contribution in [0.4, 0.5) is 0 Å². The minimum absolute atomic E-state index is 0.137. The number of aromatic nitrogens is 1. The second kappa shape index (κ2) is 9.03. The van der Waals surface area contributed by atoms with Gasteiger partial charge in [-0.2, -0.15) is 0 Å². The van der Waals surface area contributed by atoms with Gasteiger partial charge in [0, 0.05) is 24.5 Å². The van der Waals surface area contributed by atoms with Crippen LogP contribution in [0.5, 0.6) is 5.75 Å². The molecule has 0 fully saturated rings. The predicted molar refractivity (Wildman–Crippen MR) is 99.2 cm³/mol. The van der Waals surface area contributed by atoms with Crippen LogP contribution in [-0.2, 0) is 14.3 Å². The first-order valence-electron chi connectivity index (χ1n) is 7.22. The molecule has 0 saturated heterocycles. The van der Waals surface area contributed by atoms with Gasteiger partial charge < -0.3 is 14.8 Å². The third kappa shape index (κ3) is 4.94. The molecule has 0 spiro atoms. The molecule has 1 aromatic heterocycles. The fourth-order valence-corrected chi connectivity index (χ4v) is 3.20. The molecule has 128 valence electrons. The monoisotopic (exact) mass is 462 g/mol. The van der Waals surface area contributed by atoms with E-state index in [1.54, 1.807) is 18.3 Å². The molecule has 8 heteroatoms. The average molecular weight is 463 g/mol. The summed E-state index contributed by atoms with van der Waals surface area (Å²) >= 11 is 8.30. The summed E-state index contributed by atoms with van der Waals surface area (Å²) in [6, 6.07) is 5.41. The Hall–Kier alpha value is -1.61. The quantitative estimate of drug-likeness (QED) is 0.389. The lowest BCUT2D eigenvalue weighted by Crippen LogP contribution is -2.30. The van der Waals surface area contributed by atoms with Crippen molar-refractivity contribution in [2.45, 2.75) is 12.8 Å². The molecular formula is C16H16ClIN2O4. The van der Waals surface area contributed by atoms with E-state index >= 15 is 0 Å². The van der Waals surface area contributed by atoms with Crippen LogP contribution in [-0.4, -0.2) is 37.1 Å². The second-order valence-corrected chi connectivity index (χ2v) is 6.46. The summed E-state index contributed by atoms with van der Waals surface area (Å²) in [5.41, 5.74) is 0.618. The smallest absolute Gasteiger partial charge is 0.305 e. The van der Waals surface area contributed by atoms with Crippen LogP contribution in [0.3, 0.4) is 0 Å². The number of halogens is 2. The predicted octanol–water partition coefficient (Wildman–Crippen LogP) is 2.94. The first-order chi connectivity index (χ1) is 11.5. The van der Waals surface area contributed by atoms with Crippen molar-refractivity contribution in [3.63, 3.8) is 0 Å². The number of pyridine rings is 1. The fourth-order valence-electron chi connectivity index (χ4n) is 2.04. The summed E-state index contributed by atoms with van der Waals surface area (Å²) in [6.07, 6.45) is 2.43. The molecule has 0 aliphatic rings. The largest absolute Gasteiger partial charge is 0.480 e. The Balaban J connectivity index is 1.94. The normalized spacial score (nSPS) is 10.5. The highest BCUT2D eigenvalue weighted by Gasteiger charge is 2.13. The van der Waals surface area contributed by atoms with Crippen molar-refractivity contribution in [3.8, 4) is 5.75 Å². The van der Waals surface area contributed by atoms with E-state index in [-0.39, 0.29) is 24.9 Å². The van der Waals surface area contributed by atoms with Crippen molar-refractivity contribution >= 4 is 57.0 Å². The third-order valence-electron chi connectivity index (χ3n) is 3.21. The van der Waals surface area contributed by atoms with Gasteiger partial charge in [-0.3, -0.25) is 14.6 Å². The number of hydrogen-bond acceptors (Lipinski definition) is 5. The number of esters is 1. The Morgan fingerprint density at radius 2 is 2.21 bits per heavy atom. The fraction of sp³-hybridized carbons (Fsp3) is 0.312. The van der Waals surface area contributed by atoms with E-state index in [0.717, 1.165) is 8.96 Å². The molecule has 0 aliphatic heterocycles. The number of amides is 1. The van der Waals surface area contributed by atoms with Crippen LogP contribution in [0.25, 0.3) is 10.9 Å². The Kier molecular flexibility index (Phi) is 7.04. The van der Waals surface area contributed by atoms with Gasteiger partial charge in [-0.25, -0.2) is 0 Å². The minimum Gasteiger partial charge on any atom is -0.480 e. The molecule has 0 atom stereocenters. The van der Waals surface area contributed by atoms with Crippen molar-refractivity contribution < 1.29 is 19.1 Å². The summed E-state index contributed by atoms with van der Waals surface area (Å²) in [7, 11) is 1.33. The van der Waals surface area contributed by atoms with Crippen molar-refractivity contribution in [1.82, 2.24) is 10.3 Å². The number of ether oxygens (including phenoxy) is 2. The van der Waals surface area contributed by atoms with Gasteiger partial charge in [0.05, 0.1) is 15.7 Å². The maximum absolute atomic E-state index is 11.8. The highest BCUT2D eigenvalue weighted by molar-refractivity contribution is 14.1. The molecule has 0 saturated carbocycles. The number of benzene rings is 1. The molecule has 1 amide bonds. The van der Waals surface area contributed by atoms with Gasteiger partial charge in [-0.1, -0.05) is 11.6 Å². The number of carbonyl (C=O) groups is 2. The van der Waals surface area contributed by atoms with Gasteiger partial charge in [-0.05, 0) is 47.2 Å². The van der Waals surface area contributed by atoms with Gasteiger partial charge in [0.15, 0.2) is 12.4 Å². The van der Waals surface area contributed by atoms with E-state index in [1.807, 2.05) is 6.07 Å². The van der Waals surface area contributed by atoms with Crippen molar-refractivity contribution in [2.75, 3.05) is 20.3 Å². The van der Waals surface area contributed by atoms with E-state index < -0.39 is 0 Å². The zero-order valence-electron chi connectivity index (χ0n) is 13.0. The van der Waals surface area contributed by atoms with E-state index in [4.69, 9.17) is 16.3 Å². The van der Waals surface area contributed by atoms with Crippen LogP contribution < -0.4 is 10.1 Å². The molecule has 24 heavy (non-hydrogen) atoms. The lowest BCUT2D eigenvalue weighted by Gasteiger charge is -2.12. The zero-order valence-corrected chi connectivity index (χ0v) is 15.9. The summed E-state index contributed by atoms with van der Waals surface area (Å²) in [5.74, 6) is -0.0382. The number of carbonyl (C=O) groups excluding carboxylic acids is 2. The van der Waals surface area contributed by atoms with Gasteiger partial charge in [0.25, 0.3) is 5.91 Å². The summed E-state index contributed by atoms with van der Waals surface area (Å²) in [5, 5.41) is 4.05. The van der Waals surface area contributed by atoms with Crippen LogP contribution >= 0.6 is 34.2 Å². The molecule has 1 aromatic carbocycles. The molecule has 0 unspecified atom stereocenters. The van der Waals surface area contributed by atoms with Crippen LogP contribution in [0.1, 0.15) is 12.8 Å². The average Bonchev–Trinajstić information content (AvgIpc) is 2.58. The van der Waals surface area contributed by atoms with Gasteiger partial charge >= 0.3 is 5.97 Å². The summed E-state index contributed by atoms with van der Waals surface area (Å²) in [6.45, 7) is 0.246. The Labute approximate surface area is 158 Å². The maximum Gasteiger partial charge on any atom is 0.305 e.